The molecular weight excluding hydrogens is 444 g/mol. The fourth-order valence-electron chi connectivity index (χ4n) is 3.88. The minimum Gasteiger partial charge on any atom is -0.352 e. The summed E-state index contributed by atoms with van der Waals surface area (Å²) in [5, 5.41) is 7.59. The fraction of sp³-hybridized carbons (Fsp3) is 0.536. The van der Waals surface area contributed by atoms with E-state index in [2.05, 4.69) is 17.6 Å². The zero-order valence-electron chi connectivity index (χ0n) is 20.9. The molecule has 0 aliphatic rings. The van der Waals surface area contributed by atoms with Gasteiger partial charge in [-0.25, -0.2) is 13.7 Å². The van der Waals surface area contributed by atoms with Crippen molar-refractivity contribution in [1.29, 1.82) is 0 Å². The first kappa shape index (κ1) is 28.1. The Balaban J connectivity index is 1.62. The second-order valence-corrected chi connectivity index (χ2v) is 11.1. The first-order chi connectivity index (χ1) is 16.4. The molecule has 0 aromatic heterocycles. The van der Waals surface area contributed by atoms with Crippen LogP contribution in [0, 0.1) is 0 Å². The van der Waals surface area contributed by atoms with E-state index in [4.69, 9.17) is 0 Å². The summed E-state index contributed by atoms with van der Waals surface area (Å²) in [6, 6.07) is 14.4. The van der Waals surface area contributed by atoms with E-state index < -0.39 is 9.84 Å². The smallest absolute Gasteiger partial charge is 0.251 e. The zero-order chi connectivity index (χ0) is 24.7. The van der Waals surface area contributed by atoms with Crippen molar-refractivity contribution in [2.45, 2.75) is 89.1 Å². The molecule has 1 N–H and O–H groups in total. The summed E-state index contributed by atoms with van der Waals surface area (Å²) in [5.41, 5.74) is 2.61. The Morgan fingerprint density at radius 1 is 0.794 bits per heavy atom. The van der Waals surface area contributed by atoms with E-state index in [1.807, 2.05) is 24.3 Å². The number of sulfone groups is 1. The number of rotatable bonds is 17. The van der Waals surface area contributed by atoms with Gasteiger partial charge in [0.05, 0.1) is 4.90 Å². The number of carbonyl (C=O) groups is 1. The Morgan fingerprint density at radius 3 is 2.00 bits per heavy atom. The highest BCUT2D eigenvalue weighted by Crippen LogP contribution is 2.12. The molecule has 0 fully saturated rings. The van der Waals surface area contributed by atoms with E-state index in [9.17, 15) is 13.2 Å². The molecule has 0 unspecified atom stereocenters. The third-order valence-electron chi connectivity index (χ3n) is 5.95. The average Bonchev–Trinajstić information content (AvgIpc) is 2.82. The van der Waals surface area contributed by atoms with Crippen molar-refractivity contribution in [2.75, 3.05) is 12.8 Å². The van der Waals surface area contributed by atoms with E-state index in [0.717, 1.165) is 17.5 Å². The molecule has 1 amide bonds. The Bertz CT molecular complexity index is 956. The number of hydrogen-bond donors (Lipinski definition) is 1. The molecule has 0 aliphatic carbocycles. The van der Waals surface area contributed by atoms with Gasteiger partial charge in [0.15, 0.2) is 9.84 Å². The maximum Gasteiger partial charge on any atom is 0.251 e. The van der Waals surface area contributed by atoms with Crippen LogP contribution >= 0.6 is 0 Å². The Hall–Kier alpha value is -2.18. The topological polar surface area (TPSA) is 77.3 Å². The molecule has 0 spiro atoms. The molecule has 0 heterocycles. The summed E-state index contributed by atoms with van der Waals surface area (Å²) >= 11 is 0. The van der Waals surface area contributed by atoms with Gasteiger partial charge in [0, 0.05) is 31.5 Å². The first-order valence-electron chi connectivity index (χ1n) is 12.7. The summed E-state index contributed by atoms with van der Waals surface area (Å²) < 4.78 is 23.1. The van der Waals surface area contributed by atoms with Gasteiger partial charge in [0.2, 0.25) is 0 Å². The van der Waals surface area contributed by atoms with Crippen molar-refractivity contribution in [3.63, 3.8) is 0 Å². The maximum atomic E-state index is 12.5. The SMILES string of the molecule is CCCCCCCCCCCCNC(=O)c1cccc(C[N]Cc2ccc(S(C)(=O)=O)cc2)c1. The maximum absolute atomic E-state index is 12.5. The zero-order valence-corrected chi connectivity index (χ0v) is 21.7. The van der Waals surface area contributed by atoms with Gasteiger partial charge in [0.25, 0.3) is 5.91 Å². The summed E-state index contributed by atoms with van der Waals surface area (Å²) in [6.07, 6.45) is 14.0. The summed E-state index contributed by atoms with van der Waals surface area (Å²) in [4.78, 5) is 12.8. The van der Waals surface area contributed by atoms with Crippen LogP contribution in [0.25, 0.3) is 0 Å². The van der Waals surface area contributed by atoms with Crippen molar-refractivity contribution < 1.29 is 13.2 Å². The van der Waals surface area contributed by atoms with Crippen molar-refractivity contribution in [1.82, 2.24) is 10.6 Å². The highest BCUT2D eigenvalue weighted by molar-refractivity contribution is 7.90. The quantitative estimate of drug-likeness (QED) is 0.277. The third kappa shape index (κ3) is 11.3. The molecule has 1 radical (unpaired) electrons. The Morgan fingerprint density at radius 2 is 1.38 bits per heavy atom. The lowest BCUT2D eigenvalue weighted by Crippen LogP contribution is -2.24. The minimum atomic E-state index is -3.18. The number of hydrogen-bond acceptors (Lipinski definition) is 3. The summed E-state index contributed by atoms with van der Waals surface area (Å²) in [5.74, 6) is -0.0332. The predicted molar refractivity (Wildman–Crippen MR) is 140 cm³/mol. The molecule has 0 saturated heterocycles. The standard InChI is InChI=1S/C28H41N2O3S/c1-3-4-5-6-7-8-9-10-11-12-20-30-28(31)26-15-13-14-25(21-26)23-29-22-24-16-18-27(19-17-24)34(2,32)33/h13-19,21H,3-12,20,22-23H2,1-2H3,(H,30,31). The second kappa shape index (κ2) is 15.7. The van der Waals surface area contributed by atoms with E-state index in [1.165, 1.54) is 64.0 Å². The van der Waals surface area contributed by atoms with Crippen molar-refractivity contribution >= 4 is 15.7 Å². The van der Waals surface area contributed by atoms with E-state index in [0.29, 0.717) is 30.1 Å². The molecule has 34 heavy (non-hydrogen) atoms. The number of carbonyl (C=O) groups excluding carboxylic acids is 1. The van der Waals surface area contributed by atoms with Crippen molar-refractivity contribution in [3.8, 4) is 0 Å². The monoisotopic (exact) mass is 485 g/mol. The van der Waals surface area contributed by atoms with Gasteiger partial charge in [-0.1, -0.05) is 89.0 Å². The van der Waals surface area contributed by atoms with Crippen molar-refractivity contribution in [3.05, 3.63) is 65.2 Å². The van der Waals surface area contributed by atoms with Crippen LogP contribution in [0.4, 0.5) is 0 Å². The van der Waals surface area contributed by atoms with Gasteiger partial charge in [-0.2, -0.15) is 0 Å². The number of nitrogens with zero attached hydrogens (tertiary/aromatic N) is 1. The minimum absolute atomic E-state index is 0.0332. The Kier molecular flexibility index (Phi) is 12.9. The van der Waals surface area contributed by atoms with Gasteiger partial charge in [-0.15, -0.1) is 0 Å². The van der Waals surface area contributed by atoms with Crippen LogP contribution in [0.5, 0.6) is 0 Å². The lowest BCUT2D eigenvalue weighted by molar-refractivity contribution is 0.0952. The van der Waals surface area contributed by atoms with Gasteiger partial charge in [-0.3, -0.25) is 4.79 Å². The molecule has 0 atom stereocenters. The number of benzene rings is 2. The lowest BCUT2D eigenvalue weighted by atomic mass is 10.1. The lowest BCUT2D eigenvalue weighted by Gasteiger charge is -2.08. The molecule has 2 rings (SSSR count). The van der Waals surface area contributed by atoms with E-state index >= 15 is 0 Å². The van der Waals surface area contributed by atoms with E-state index in [1.54, 1.807) is 24.3 Å². The molecule has 2 aromatic rings. The third-order valence-corrected chi connectivity index (χ3v) is 7.07. The molecule has 0 saturated carbocycles. The van der Waals surface area contributed by atoms with Gasteiger partial charge in [-0.05, 0) is 41.8 Å². The number of unbranched alkanes of at least 4 members (excludes halogenated alkanes) is 9. The first-order valence-corrected chi connectivity index (χ1v) is 14.6. The van der Waals surface area contributed by atoms with Crippen LogP contribution in [-0.4, -0.2) is 27.1 Å². The van der Waals surface area contributed by atoms with Crippen LogP contribution < -0.4 is 10.6 Å². The van der Waals surface area contributed by atoms with Crippen LogP contribution in [0.3, 0.4) is 0 Å². The molecule has 2 aromatic carbocycles. The number of amides is 1. The molecule has 187 valence electrons. The van der Waals surface area contributed by atoms with Crippen LogP contribution in [0.2, 0.25) is 0 Å². The predicted octanol–water partition coefficient (Wildman–Crippen LogP) is 6.05. The highest BCUT2D eigenvalue weighted by Gasteiger charge is 2.08. The summed E-state index contributed by atoms with van der Waals surface area (Å²) in [7, 11) is -3.18. The van der Waals surface area contributed by atoms with Crippen LogP contribution in [0.15, 0.2) is 53.4 Å². The summed E-state index contributed by atoms with van der Waals surface area (Å²) in [6.45, 7) is 3.97. The number of nitrogens with one attached hydrogen (secondary N) is 1. The molecule has 0 bridgehead atoms. The molecule has 0 aliphatic heterocycles. The fourth-order valence-corrected chi connectivity index (χ4v) is 4.51. The van der Waals surface area contributed by atoms with Gasteiger partial charge < -0.3 is 5.32 Å². The normalized spacial score (nSPS) is 11.5. The largest absolute Gasteiger partial charge is 0.352 e. The van der Waals surface area contributed by atoms with Crippen molar-refractivity contribution in [2.24, 2.45) is 0 Å². The molecule has 5 nitrogen and oxygen atoms in total. The van der Waals surface area contributed by atoms with E-state index in [-0.39, 0.29) is 5.91 Å². The second-order valence-electron chi connectivity index (χ2n) is 9.09. The molecule has 6 heteroatoms. The Labute approximate surface area is 206 Å². The highest BCUT2D eigenvalue weighted by atomic mass is 32.2. The van der Waals surface area contributed by atoms with Crippen LogP contribution in [0.1, 0.15) is 92.6 Å². The van der Waals surface area contributed by atoms with Gasteiger partial charge >= 0.3 is 0 Å². The average molecular weight is 486 g/mol. The van der Waals surface area contributed by atoms with Gasteiger partial charge in [0.1, 0.15) is 0 Å². The van der Waals surface area contributed by atoms with Crippen LogP contribution in [-0.2, 0) is 22.9 Å². The molecular formula is C28H41N2O3S.